The molecule has 0 saturated carbocycles. The van der Waals surface area contributed by atoms with Crippen LogP contribution in [0.25, 0.3) is 12.2 Å². The minimum Gasteiger partial charge on any atom is -0.482 e. The maximum atomic E-state index is 11.4. The first-order chi connectivity index (χ1) is 11.0. The molecule has 3 N–H and O–H groups in total. The van der Waals surface area contributed by atoms with E-state index in [4.69, 9.17) is 10.5 Å². The molecule has 0 spiro atoms. The summed E-state index contributed by atoms with van der Waals surface area (Å²) in [5, 5.41) is 2.78. The van der Waals surface area contributed by atoms with Gasteiger partial charge in [0.15, 0.2) is 6.61 Å². The summed E-state index contributed by atoms with van der Waals surface area (Å²) in [4.78, 5) is 22.5. The first kappa shape index (κ1) is 14.8. The Kier molecular flexibility index (Phi) is 3.85. The molecule has 0 aliphatic carbocycles. The number of hydrogen-bond donors (Lipinski definition) is 2. The normalized spacial score (nSPS) is 13.3. The van der Waals surface area contributed by atoms with Crippen molar-refractivity contribution in [3.05, 3.63) is 58.7 Å². The Balaban J connectivity index is 1.84. The van der Waals surface area contributed by atoms with E-state index in [2.05, 4.69) is 5.32 Å². The van der Waals surface area contributed by atoms with E-state index in [0.29, 0.717) is 17.0 Å². The molecule has 0 unspecified atom stereocenters. The molecule has 0 bridgehead atoms. The van der Waals surface area contributed by atoms with Gasteiger partial charge in [-0.15, -0.1) is 0 Å². The van der Waals surface area contributed by atoms with E-state index in [0.717, 1.165) is 16.7 Å². The van der Waals surface area contributed by atoms with Gasteiger partial charge in [-0.1, -0.05) is 24.3 Å². The highest BCUT2D eigenvalue weighted by atomic mass is 16.5. The van der Waals surface area contributed by atoms with E-state index in [-0.39, 0.29) is 12.5 Å². The number of aryl methyl sites for hydroxylation is 1. The van der Waals surface area contributed by atoms with Gasteiger partial charge in [-0.25, -0.2) is 0 Å². The van der Waals surface area contributed by atoms with Crippen LogP contribution in [0.3, 0.4) is 0 Å². The Morgan fingerprint density at radius 2 is 2.04 bits per heavy atom. The van der Waals surface area contributed by atoms with Crippen LogP contribution in [0.5, 0.6) is 5.75 Å². The van der Waals surface area contributed by atoms with E-state index < -0.39 is 5.91 Å². The summed E-state index contributed by atoms with van der Waals surface area (Å²) in [7, 11) is 0. The van der Waals surface area contributed by atoms with Crippen molar-refractivity contribution >= 4 is 29.7 Å². The second-order valence-corrected chi connectivity index (χ2v) is 5.36. The molecule has 0 fully saturated rings. The lowest BCUT2D eigenvalue weighted by Crippen LogP contribution is -2.25. The summed E-state index contributed by atoms with van der Waals surface area (Å²) in [6.45, 7) is 1.97. The number of carbonyl (C=O) groups excluding carboxylic acids is 2. The lowest BCUT2D eigenvalue weighted by Gasteiger charge is -2.17. The molecular formula is C18H16N2O3. The van der Waals surface area contributed by atoms with Gasteiger partial charge in [0, 0.05) is 5.56 Å². The average Bonchev–Trinajstić information content (AvgIpc) is 2.53. The molecule has 3 rings (SSSR count). The zero-order valence-corrected chi connectivity index (χ0v) is 12.6. The molecule has 2 aromatic carbocycles. The number of nitrogens with one attached hydrogen (secondary N) is 1. The SMILES string of the molecule is Cc1cc(C(N)=O)ccc1/C=C/c1ccc2c(c1)NC(=O)CO2. The van der Waals surface area contributed by atoms with Crippen LogP contribution in [0.15, 0.2) is 36.4 Å². The number of ether oxygens (including phenoxy) is 1. The Bertz CT molecular complexity index is 825. The second kappa shape index (κ2) is 5.96. The maximum Gasteiger partial charge on any atom is 0.262 e. The maximum absolute atomic E-state index is 11.4. The summed E-state index contributed by atoms with van der Waals surface area (Å²) < 4.78 is 5.33. The number of fused-ring (bicyclic) bond motifs is 1. The van der Waals surface area contributed by atoms with Gasteiger partial charge in [0.1, 0.15) is 5.75 Å². The highest BCUT2D eigenvalue weighted by Crippen LogP contribution is 2.29. The number of carbonyl (C=O) groups is 2. The number of rotatable bonds is 3. The summed E-state index contributed by atoms with van der Waals surface area (Å²) in [6, 6.07) is 10.9. The molecule has 0 saturated heterocycles. The van der Waals surface area contributed by atoms with Crippen molar-refractivity contribution < 1.29 is 14.3 Å². The van der Waals surface area contributed by atoms with Gasteiger partial charge in [-0.3, -0.25) is 9.59 Å². The molecule has 23 heavy (non-hydrogen) atoms. The van der Waals surface area contributed by atoms with Crippen molar-refractivity contribution in [1.82, 2.24) is 0 Å². The Labute approximate surface area is 133 Å². The molecule has 0 radical (unpaired) electrons. The number of benzene rings is 2. The molecule has 1 heterocycles. The summed E-state index contributed by atoms with van der Waals surface area (Å²) in [6.07, 6.45) is 3.89. The minimum atomic E-state index is -0.436. The molecule has 2 amide bonds. The summed E-state index contributed by atoms with van der Waals surface area (Å²) in [5.41, 5.74) is 9.33. The third-order valence-electron chi connectivity index (χ3n) is 3.65. The number of hydrogen-bond acceptors (Lipinski definition) is 3. The quantitative estimate of drug-likeness (QED) is 0.855. The van der Waals surface area contributed by atoms with Crippen LogP contribution in [0.2, 0.25) is 0 Å². The first-order valence-corrected chi connectivity index (χ1v) is 7.18. The van der Waals surface area contributed by atoms with Crippen LogP contribution < -0.4 is 15.8 Å². The summed E-state index contributed by atoms with van der Waals surface area (Å²) in [5.74, 6) is 0.0781. The highest BCUT2D eigenvalue weighted by Gasteiger charge is 2.15. The number of anilines is 1. The molecule has 1 aliphatic rings. The topological polar surface area (TPSA) is 81.4 Å². The van der Waals surface area contributed by atoms with E-state index in [1.54, 1.807) is 12.1 Å². The smallest absolute Gasteiger partial charge is 0.262 e. The van der Waals surface area contributed by atoms with Crippen molar-refractivity contribution in [2.24, 2.45) is 5.73 Å². The molecule has 5 nitrogen and oxygen atoms in total. The van der Waals surface area contributed by atoms with Crippen LogP contribution in [-0.2, 0) is 4.79 Å². The lowest BCUT2D eigenvalue weighted by atomic mass is 10.0. The number of amides is 2. The monoisotopic (exact) mass is 308 g/mol. The fourth-order valence-corrected chi connectivity index (χ4v) is 2.41. The molecule has 116 valence electrons. The summed E-state index contributed by atoms with van der Waals surface area (Å²) >= 11 is 0. The highest BCUT2D eigenvalue weighted by molar-refractivity contribution is 5.96. The molecular weight excluding hydrogens is 292 g/mol. The van der Waals surface area contributed by atoms with Gasteiger partial charge in [0.2, 0.25) is 5.91 Å². The predicted molar refractivity (Wildman–Crippen MR) is 89.2 cm³/mol. The average molecular weight is 308 g/mol. The van der Waals surface area contributed by atoms with Crippen LogP contribution >= 0.6 is 0 Å². The fraction of sp³-hybridized carbons (Fsp3) is 0.111. The van der Waals surface area contributed by atoms with E-state index in [9.17, 15) is 9.59 Å². The van der Waals surface area contributed by atoms with Crippen molar-refractivity contribution in [3.8, 4) is 5.75 Å². The van der Waals surface area contributed by atoms with Crippen molar-refractivity contribution in [3.63, 3.8) is 0 Å². The van der Waals surface area contributed by atoms with Crippen LogP contribution in [-0.4, -0.2) is 18.4 Å². The zero-order valence-electron chi connectivity index (χ0n) is 12.6. The Morgan fingerprint density at radius 3 is 2.78 bits per heavy atom. The minimum absolute atomic E-state index is 0.0492. The van der Waals surface area contributed by atoms with Crippen molar-refractivity contribution in [2.45, 2.75) is 6.92 Å². The van der Waals surface area contributed by atoms with Crippen LogP contribution in [0.1, 0.15) is 27.0 Å². The van der Waals surface area contributed by atoms with Gasteiger partial charge in [-0.2, -0.15) is 0 Å². The third kappa shape index (κ3) is 3.23. The Hall–Kier alpha value is -3.08. The standard InChI is InChI=1S/C18H16N2O3/c1-11-8-14(18(19)22)6-5-13(11)4-2-12-3-7-16-15(9-12)20-17(21)10-23-16/h2-9H,10H2,1H3,(H2,19,22)(H,20,21)/b4-2+. The Morgan fingerprint density at radius 1 is 1.22 bits per heavy atom. The molecule has 1 aliphatic heterocycles. The van der Waals surface area contributed by atoms with Gasteiger partial charge in [-0.05, 0) is 47.9 Å². The van der Waals surface area contributed by atoms with E-state index in [1.165, 1.54) is 0 Å². The molecule has 5 heteroatoms. The number of primary amides is 1. The largest absolute Gasteiger partial charge is 0.482 e. The number of nitrogens with two attached hydrogens (primary N) is 1. The third-order valence-corrected chi connectivity index (χ3v) is 3.65. The van der Waals surface area contributed by atoms with Gasteiger partial charge >= 0.3 is 0 Å². The second-order valence-electron chi connectivity index (χ2n) is 5.36. The zero-order chi connectivity index (χ0) is 16.4. The van der Waals surface area contributed by atoms with Crippen LogP contribution in [0.4, 0.5) is 5.69 Å². The predicted octanol–water partition coefficient (Wildman–Crippen LogP) is 2.60. The first-order valence-electron chi connectivity index (χ1n) is 7.18. The lowest BCUT2D eigenvalue weighted by molar-refractivity contribution is -0.118. The molecule has 0 aromatic heterocycles. The molecule has 2 aromatic rings. The van der Waals surface area contributed by atoms with Crippen LogP contribution in [0, 0.1) is 6.92 Å². The van der Waals surface area contributed by atoms with Crippen molar-refractivity contribution in [2.75, 3.05) is 11.9 Å². The van der Waals surface area contributed by atoms with Crippen molar-refractivity contribution in [1.29, 1.82) is 0 Å². The van der Waals surface area contributed by atoms with Gasteiger partial charge in [0.25, 0.3) is 5.91 Å². The van der Waals surface area contributed by atoms with E-state index in [1.807, 2.05) is 43.3 Å². The van der Waals surface area contributed by atoms with Gasteiger partial charge in [0.05, 0.1) is 5.69 Å². The fourth-order valence-electron chi connectivity index (χ4n) is 2.41. The molecule has 0 atom stereocenters. The van der Waals surface area contributed by atoms with Gasteiger partial charge < -0.3 is 15.8 Å². The van der Waals surface area contributed by atoms with E-state index >= 15 is 0 Å².